The van der Waals surface area contributed by atoms with Crippen LogP contribution in [0.25, 0.3) is 0 Å². The number of pyridine rings is 1. The van der Waals surface area contributed by atoms with Gasteiger partial charge in [-0.2, -0.15) is 0 Å². The molecule has 0 atom stereocenters. The van der Waals surface area contributed by atoms with E-state index in [4.69, 9.17) is 4.74 Å². The van der Waals surface area contributed by atoms with Gasteiger partial charge in [-0.3, -0.25) is 14.7 Å². The van der Waals surface area contributed by atoms with Crippen LogP contribution in [0.5, 0.6) is 0 Å². The summed E-state index contributed by atoms with van der Waals surface area (Å²) in [7, 11) is 3.88. The molecule has 2 saturated heterocycles. The lowest BCUT2D eigenvalue weighted by Crippen LogP contribution is -2.51. The first kappa shape index (κ1) is 20.2. The summed E-state index contributed by atoms with van der Waals surface area (Å²) < 4.78 is 5.29. The molecule has 0 bridgehead atoms. The second-order valence-corrected chi connectivity index (χ2v) is 7.93. The number of piperidine rings is 2. The maximum atomic E-state index is 13.3. The first-order valence-electron chi connectivity index (χ1n) is 10.3. The molecule has 6 heteroatoms. The zero-order chi connectivity index (χ0) is 19.1. The van der Waals surface area contributed by atoms with Gasteiger partial charge in [-0.05, 0) is 71.0 Å². The molecule has 0 unspecified atom stereocenters. The Bertz CT molecular complexity index is 567. The normalized spacial score (nSPS) is 20.7. The topological polar surface area (TPSA) is 48.9 Å². The molecule has 1 aromatic heterocycles. The molecule has 6 nitrogen and oxygen atoms in total. The Morgan fingerprint density at radius 2 is 1.93 bits per heavy atom. The van der Waals surface area contributed by atoms with Gasteiger partial charge in [0.2, 0.25) is 5.91 Å². The monoisotopic (exact) mass is 374 g/mol. The molecule has 27 heavy (non-hydrogen) atoms. The summed E-state index contributed by atoms with van der Waals surface area (Å²) in [6.07, 6.45) is 5.89. The highest BCUT2D eigenvalue weighted by molar-refractivity contribution is 5.79. The SMILES string of the molecule is COCCN(C(=O)C1CCN(Cc2ccccn2)CC1)C1CCN(C)CC1. The minimum atomic E-state index is 0.154. The van der Waals surface area contributed by atoms with E-state index in [1.807, 2.05) is 18.3 Å². The van der Waals surface area contributed by atoms with Gasteiger partial charge in [-0.15, -0.1) is 0 Å². The molecule has 2 aliphatic rings. The van der Waals surface area contributed by atoms with Gasteiger partial charge in [0.25, 0.3) is 0 Å². The number of carbonyl (C=O) groups excluding carboxylic acids is 1. The fraction of sp³-hybridized carbons (Fsp3) is 0.714. The van der Waals surface area contributed by atoms with Crippen LogP contribution in [0.15, 0.2) is 24.4 Å². The van der Waals surface area contributed by atoms with Crippen LogP contribution >= 0.6 is 0 Å². The zero-order valence-electron chi connectivity index (χ0n) is 16.8. The smallest absolute Gasteiger partial charge is 0.226 e. The number of carbonyl (C=O) groups is 1. The van der Waals surface area contributed by atoms with Crippen molar-refractivity contribution in [3.63, 3.8) is 0 Å². The molecule has 0 radical (unpaired) electrons. The van der Waals surface area contributed by atoms with Crippen LogP contribution in [0.1, 0.15) is 31.4 Å². The average molecular weight is 375 g/mol. The molecule has 0 N–H and O–H groups in total. The van der Waals surface area contributed by atoms with Gasteiger partial charge in [0.1, 0.15) is 0 Å². The molecule has 0 spiro atoms. The number of hydrogen-bond donors (Lipinski definition) is 0. The van der Waals surface area contributed by atoms with Crippen LogP contribution in [0.2, 0.25) is 0 Å². The summed E-state index contributed by atoms with van der Waals surface area (Å²) in [6, 6.07) is 6.43. The maximum Gasteiger partial charge on any atom is 0.226 e. The van der Waals surface area contributed by atoms with Crippen LogP contribution in [0.3, 0.4) is 0 Å². The van der Waals surface area contributed by atoms with Crippen LogP contribution in [-0.4, -0.2) is 85.1 Å². The lowest BCUT2D eigenvalue weighted by molar-refractivity contribution is -0.141. The molecule has 2 fully saturated rings. The van der Waals surface area contributed by atoms with Crippen molar-refractivity contribution in [1.29, 1.82) is 0 Å². The first-order valence-corrected chi connectivity index (χ1v) is 10.3. The fourth-order valence-corrected chi connectivity index (χ4v) is 4.26. The van der Waals surface area contributed by atoms with Crippen molar-refractivity contribution in [3.8, 4) is 0 Å². The lowest BCUT2D eigenvalue weighted by Gasteiger charge is -2.40. The van der Waals surface area contributed by atoms with Crippen molar-refractivity contribution in [2.24, 2.45) is 5.92 Å². The largest absolute Gasteiger partial charge is 0.383 e. The van der Waals surface area contributed by atoms with Crippen molar-refractivity contribution in [1.82, 2.24) is 19.7 Å². The zero-order valence-corrected chi connectivity index (χ0v) is 16.8. The second-order valence-electron chi connectivity index (χ2n) is 7.93. The van der Waals surface area contributed by atoms with Gasteiger partial charge in [-0.25, -0.2) is 0 Å². The Morgan fingerprint density at radius 3 is 2.56 bits per heavy atom. The average Bonchev–Trinajstić information content (AvgIpc) is 2.71. The molecule has 1 aromatic rings. The number of nitrogens with zero attached hydrogens (tertiary/aromatic N) is 4. The highest BCUT2D eigenvalue weighted by atomic mass is 16.5. The Morgan fingerprint density at radius 1 is 1.19 bits per heavy atom. The van der Waals surface area contributed by atoms with Gasteiger partial charge in [-0.1, -0.05) is 6.07 Å². The van der Waals surface area contributed by atoms with E-state index in [0.717, 1.165) is 70.6 Å². The van der Waals surface area contributed by atoms with E-state index in [9.17, 15) is 4.79 Å². The highest BCUT2D eigenvalue weighted by Gasteiger charge is 2.33. The van der Waals surface area contributed by atoms with Crippen molar-refractivity contribution < 1.29 is 9.53 Å². The molecule has 3 rings (SSSR count). The predicted molar refractivity (Wildman–Crippen MR) is 106 cm³/mol. The Labute approximate surface area is 163 Å². The number of aromatic nitrogens is 1. The van der Waals surface area contributed by atoms with Gasteiger partial charge < -0.3 is 14.5 Å². The van der Waals surface area contributed by atoms with Crippen LogP contribution in [-0.2, 0) is 16.1 Å². The highest BCUT2D eigenvalue weighted by Crippen LogP contribution is 2.24. The quantitative estimate of drug-likeness (QED) is 0.729. The summed E-state index contributed by atoms with van der Waals surface area (Å²) in [5.41, 5.74) is 1.11. The number of rotatable bonds is 7. The molecule has 3 heterocycles. The molecular weight excluding hydrogens is 340 g/mol. The summed E-state index contributed by atoms with van der Waals surface area (Å²) in [6.45, 7) is 6.31. The van der Waals surface area contributed by atoms with Gasteiger partial charge in [0.05, 0.1) is 12.3 Å². The molecule has 0 saturated carbocycles. The summed E-state index contributed by atoms with van der Waals surface area (Å²) in [4.78, 5) is 24.6. The second kappa shape index (κ2) is 10.2. The van der Waals surface area contributed by atoms with E-state index >= 15 is 0 Å². The third kappa shape index (κ3) is 5.74. The van der Waals surface area contributed by atoms with Crippen LogP contribution in [0.4, 0.5) is 0 Å². The minimum absolute atomic E-state index is 0.154. The van der Waals surface area contributed by atoms with Gasteiger partial charge in [0.15, 0.2) is 0 Å². The summed E-state index contributed by atoms with van der Waals surface area (Å²) in [5, 5.41) is 0. The van der Waals surface area contributed by atoms with E-state index in [0.29, 0.717) is 18.6 Å². The maximum absolute atomic E-state index is 13.3. The number of ether oxygens (including phenoxy) is 1. The Kier molecular flexibility index (Phi) is 7.61. The third-order valence-electron chi connectivity index (χ3n) is 6.00. The van der Waals surface area contributed by atoms with E-state index in [1.165, 1.54) is 0 Å². The van der Waals surface area contributed by atoms with Gasteiger partial charge >= 0.3 is 0 Å². The molecule has 0 aromatic carbocycles. The predicted octanol–water partition coefficient (Wildman–Crippen LogP) is 1.86. The van der Waals surface area contributed by atoms with Crippen LogP contribution < -0.4 is 0 Å². The Hall–Kier alpha value is -1.50. The fourth-order valence-electron chi connectivity index (χ4n) is 4.26. The van der Waals surface area contributed by atoms with E-state index in [-0.39, 0.29) is 5.92 Å². The van der Waals surface area contributed by atoms with Gasteiger partial charge in [0, 0.05) is 38.4 Å². The van der Waals surface area contributed by atoms with E-state index in [1.54, 1.807) is 7.11 Å². The molecule has 2 aliphatic heterocycles. The van der Waals surface area contributed by atoms with E-state index < -0.39 is 0 Å². The number of likely N-dealkylation sites (tertiary alicyclic amines) is 2. The number of amides is 1. The van der Waals surface area contributed by atoms with Crippen molar-refractivity contribution in [3.05, 3.63) is 30.1 Å². The minimum Gasteiger partial charge on any atom is -0.383 e. The number of hydrogen-bond acceptors (Lipinski definition) is 5. The number of methoxy groups -OCH3 is 1. The molecule has 1 amide bonds. The van der Waals surface area contributed by atoms with E-state index in [2.05, 4.69) is 32.8 Å². The Balaban J connectivity index is 1.53. The standard InChI is InChI=1S/C21H34N4O2/c1-23-11-8-20(9-12-23)25(15-16-27-2)21(26)18-6-13-24(14-7-18)17-19-5-3-4-10-22-19/h3-5,10,18,20H,6-9,11-17H2,1-2H3. The molecule has 0 aliphatic carbocycles. The lowest BCUT2D eigenvalue weighted by atomic mass is 9.93. The van der Waals surface area contributed by atoms with Crippen molar-refractivity contribution in [2.75, 3.05) is 53.5 Å². The third-order valence-corrected chi connectivity index (χ3v) is 6.00. The van der Waals surface area contributed by atoms with Crippen LogP contribution in [0, 0.1) is 5.92 Å². The summed E-state index contributed by atoms with van der Waals surface area (Å²) >= 11 is 0. The van der Waals surface area contributed by atoms with Crippen molar-refractivity contribution in [2.45, 2.75) is 38.3 Å². The molecule has 150 valence electrons. The molecular formula is C21H34N4O2. The first-order chi connectivity index (χ1) is 13.2. The summed E-state index contributed by atoms with van der Waals surface area (Å²) in [5.74, 6) is 0.501. The van der Waals surface area contributed by atoms with Crippen molar-refractivity contribution >= 4 is 5.91 Å².